The highest BCUT2D eigenvalue weighted by molar-refractivity contribution is 5.39. The molecule has 1 aromatic carbocycles. The molecule has 1 unspecified atom stereocenters. The van der Waals surface area contributed by atoms with Crippen LogP contribution in [0.15, 0.2) is 30.6 Å². The van der Waals surface area contributed by atoms with Gasteiger partial charge in [0.1, 0.15) is 11.6 Å². The molecule has 0 fully saturated rings. The molecule has 0 bridgehead atoms. The topological polar surface area (TPSA) is 39.1 Å². The number of benzene rings is 1. The third-order valence-corrected chi connectivity index (χ3v) is 3.42. The van der Waals surface area contributed by atoms with E-state index >= 15 is 0 Å². The van der Waals surface area contributed by atoms with E-state index in [1.165, 1.54) is 11.1 Å². The van der Waals surface area contributed by atoms with Gasteiger partial charge in [-0.05, 0) is 20.0 Å². The molecule has 1 heterocycles. The molecule has 4 heteroatoms. The SMILES string of the molecule is CNC(Cc1nccn1C)c1cc(C)ccc1OC. The second kappa shape index (κ2) is 5.89. The highest BCUT2D eigenvalue weighted by Crippen LogP contribution is 2.28. The van der Waals surface area contributed by atoms with Crippen LogP contribution in [0.25, 0.3) is 0 Å². The number of hydrogen-bond acceptors (Lipinski definition) is 3. The van der Waals surface area contributed by atoms with Gasteiger partial charge in [0, 0.05) is 37.5 Å². The standard InChI is InChI=1S/C15H21N3O/c1-11-5-6-14(19-4)12(9-11)13(16-2)10-15-17-7-8-18(15)3/h5-9,13,16H,10H2,1-4H3. The first-order valence-corrected chi connectivity index (χ1v) is 6.43. The smallest absolute Gasteiger partial charge is 0.123 e. The van der Waals surface area contributed by atoms with Crippen LogP contribution in [0.5, 0.6) is 5.75 Å². The number of ether oxygens (including phenoxy) is 1. The van der Waals surface area contributed by atoms with Gasteiger partial charge in [-0.3, -0.25) is 0 Å². The van der Waals surface area contributed by atoms with Crippen molar-refractivity contribution in [3.05, 3.63) is 47.5 Å². The van der Waals surface area contributed by atoms with Gasteiger partial charge in [0.15, 0.2) is 0 Å². The lowest BCUT2D eigenvalue weighted by molar-refractivity contribution is 0.400. The third-order valence-electron chi connectivity index (χ3n) is 3.42. The molecule has 0 amide bonds. The maximum Gasteiger partial charge on any atom is 0.123 e. The Bertz CT molecular complexity index is 548. The zero-order valence-electron chi connectivity index (χ0n) is 12.0. The molecule has 0 aliphatic heterocycles. The van der Waals surface area contributed by atoms with Gasteiger partial charge in [0.2, 0.25) is 0 Å². The van der Waals surface area contributed by atoms with Crippen LogP contribution in [0.3, 0.4) is 0 Å². The molecule has 0 radical (unpaired) electrons. The molecule has 1 N–H and O–H groups in total. The summed E-state index contributed by atoms with van der Waals surface area (Å²) in [6.07, 6.45) is 4.63. The molecule has 102 valence electrons. The molecule has 1 aromatic heterocycles. The summed E-state index contributed by atoms with van der Waals surface area (Å²) in [4.78, 5) is 4.39. The van der Waals surface area contributed by atoms with Crippen LogP contribution in [0.4, 0.5) is 0 Å². The monoisotopic (exact) mass is 259 g/mol. The number of hydrogen-bond donors (Lipinski definition) is 1. The van der Waals surface area contributed by atoms with Crippen LogP contribution in [-0.4, -0.2) is 23.7 Å². The van der Waals surface area contributed by atoms with Crippen molar-refractivity contribution in [3.8, 4) is 5.75 Å². The predicted molar refractivity (Wildman–Crippen MR) is 76.4 cm³/mol. The summed E-state index contributed by atoms with van der Waals surface area (Å²) in [6, 6.07) is 6.45. The van der Waals surface area contributed by atoms with Crippen LogP contribution >= 0.6 is 0 Å². The van der Waals surface area contributed by atoms with Crippen LogP contribution in [0, 0.1) is 6.92 Å². The summed E-state index contributed by atoms with van der Waals surface area (Å²) in [6.45, 7) is 2.09. The van der Waals surface area contributed by atoms with Gasteiger partial charge in [-0.15, -0.1) is 0 Å². The summed E-state index contributed by atoms with van der Waals surface area (Å²) in [5.74, 6) is 1.97. The van der Waals surface area contributed by atoms with E-state index in [0.29, 0.717) is 0 Å². The maximum atomic E-state index is 5.47. The fraction of sp³-hybridized carbons (Fsp3) is 0.400. The molecular weight excluding hydrogens is 238 g/mol. The minimum atomic E-state index is 0.191. The van der Waals surface area contributed by atoms with Crippen molar-refractivity contribution in [1.82, 2.24) is 14.9 Å². The zero-order valence-corrected chi connectivity index (χ0v) is 12.0. The molecule has 0 aliphatic carbocycles. The number of imidazole rings is 1. The molecule has 0 spiro atoms. The number of nitrogens with zero attached hydrogens (tertiary/aromatic N) is 2. The van der Waals surface area contributed by atoms with Crippen molar-refractivity contribution in [1.29, 1.82) is 0 Å². The lowest BCUT2D eigenvalue weighted by atomic mass is 10.00. The first kappa shape index (κ1) is 13.6. The second-order valence-corrected chi connectivity index (χ2v) is 4.75. The first-order chi connectivity index (χ1) is 9.15. The second-order valence-electron chi connectivity index (χ2n) is 4.75. The van der Waals surface area contributed by atoms with Gasteiger partial charge in [-0.25, -0.2) is 4.98 Å². The Hall–Kier alpha value is -1.81. The van der Waals surface area contributed by atoms with Gasteiger partial charge in [0.05, 0.1) is 7.11 Å². The number of methoxy groups -OCH3 is 1. The third kappa shape index (κ3) is 2.96. The summed E-state index contributed by atoms with van der Waals surface area (Å²) < 4.78 is 7.51. The molecule has 0 saturated heterocycles. The normalized spacial score (nSPS) is 12.4. The Morgan fingerprint density at radius 3 is 2.79 bits per heavy atom. The van der Waals surface area contributed by atoms with Gasteiger partial charge >= 0.3 is 0 Å². The van der Waals surface area contributed by atoms with Crippen molar-refractivity contribution in [2.24, 2.45) is 7.05 Å². The Balaban J connectivity index is 2.31. The average Bonchev–Trinajstić information content (AvgIpc) is 2.81. The van der Waals surface area contributed by atoms with E-state index in [0.717, 1.165) is 18.0 Å². The number of nitrogens with one attached hydrogen (secondary N) is 1. The Kier molecular flexibility index (Phi) is 4.22. The minimum Gasteiger partial charge on any atom is -0.496 e. The van der Waals surface area contributed by atoms with Crippen LogP contribution in [0.1, 0.15) is 23.0 Å². The van der Waals surface area contributed by atoms with E-state index in [9.17, 15) is 0 Å². The van der Waals surface area contributed by atoms with Crippen molar-refractivity contribution in [3.63, 3.8) is 0 Å². The van der Waals surface area contributed by atoms with E-state index in [4.69, 9.17) is 4.74 Å². The molecule has 0 saturated carbocycles. The predicted octanol–water partition coefficient (Wildman–Crippen LogP) is 2.24. The number of rotatable bonds is 5. The summed E-state index contributed by atoms with van der Waals surface area (Å²) in [5.41, 5.74) is 2.41. The molecule has 2 aromatic rings. The van der Waals surface area contributed by atoms with E-state index in [-0.39, 0.29) is 6.04 Å². The Labute approximate surface area is 114 Å². The maximum absolute atomic E-state index is 5.47. The molecule has 19 heavy (non-hydrogen) atoms. The van der Waals surface area contributed by atoms with E-state index in [1.54, 1.807) is 7.11 Å². The molecule has 2 rings (SSSR count). The molecule has 1 atom stereocenters. The van der Waals surface area contributed by atoms with Crippen molar-refractivity contribution < 1.29 is 4.74 Å². The number of aromatic nitrogens is 2. The molecule has 4 nitrogen and oxygen atoms in total. The zero-order chi connectivity index (χ0) is 13.8. The van der Waals surface area contributed by atoms with E-state index in [1.807, 2.05) is 37.1 Å². The lowest BCUT2D eigenvalue weighted by Crippen LogP contribution is -2.21. The highest BCUT2D eigenvalue weighted by Gasteiger charge is 2.17. The highest BCUT2D eigenvalue weighted by atomic mass is 16.5. The van der Waals surface area contributed by atoms with Gasteiger partial charge in [-0.1, -0.05) is 17.7 Å². The quantitative estimate of drug-likeness (QED) is 0.895. The fourth-order valence-corrected chi connectivity index (χ4v) is 2.27. The summed E-state index contributed by atoms with van der Waals surface area (Å²) in [7, 11) is 5.69. The van der Waals surface area contributed by atoms with E-state index < -0.39 is 0 Å². The van der Waals surface area contributed by atoms with Crippen LogP contribution in [0.2, 0.25) is 0 Å². The summed E-state index contributed by atoms with van der Waals surface area (Å²) in [5, 5.41) is 3.35. The van der Waals surface area contributed by atoms with Gasteiger partial charge < -0.3 is 14.6 Å². The first-order valence-electron chi connectivity index (χ1n) is 6.43. The number of likely N-dealkylation sites (N-methyl/N-ethyl adjacent to an activating group) is 1. The van der Waals surface area contributed by atoms with Crippen molar-refractivity contribution in [2.45, 2.75) is 19.4 Å². The minimum absolute atomic E-state index is 0.191. The fourth-order valence-electron chi connectivity index (χ4n) is 2.27. The average molecular weight is 259 g/mol. The van der Waals surface area contributed by atoms with Gasteiger partial charge in [-0.2, -0.15) is 0 Å². The Morgan fingerprint density at radius 2 is 2.21 bits per heavy atom. The van der Waals surface area contributed by atoms with Gasteiger partial charge in [0.25, 0.3) is 0 Å². The largest absolute Gasteiger partial charge is 0.496 e. The van der Waals surface area contributed by atoms with Crippen molar-refractivity contribution in [2.75, 3.05) is 14.2 Å². The van der Waals surface area contributed by atoms with Crippen LogP contribution < -0.4 is 10.1 Å². The molecule has 0 aliphatic rings. The lowest BCUT2D eigenvalue weighted by Gasteiger charge is -2.19. The summed E-state index contributed by atoms with van der Waals surface area (Å²) >= 11 is 0. The van der Waals surface area contributed by atoms with E-state index in [2.05, 4.69) is 29.4 Å². The van der Waals surface area contributed by atoms with Crippen molar-refractivity contribution >= 4 is 0 Å². The Morgan fingerprint density at radius 1 is 1.42 bits per heavy atom. The van der Waals surface area contributed by atoms with Crippen LogP contribution in [-0.2, 0) is 13.5 Å². The molecular formula is C15H21N3O. The number of aryl methyl sites for hydroxylation is 2.